The van der Waals surface area contributed by atoms with Crippen LogP contribution in [-0.2, 0) is 6.42 Å². The number of benzene rings is 1. The van der Waals surface area contributed by atoms with Crippen LogP contribution in [0.1, 0.15) is 40.6 Å². The van der Waals surface area contributed by atoms with Crippen molar-refractivity contribution in [3.63, 3.8) is 0 Å². The smallest absolute Gasteiger partial charge is 0.0192 e. The summed E-state index contributed by atoms with van der Waals surface area (Å²) in [4.78, 5) is 3.39. The van der Waals surface area contributed by atoms with Crippen molar-refractivity contribution in [2.45, 2.75) is 24.7 Å². The topological polar surface area (TPSA) is 15.8 Å². The zero-order valence-electron chi connectivity index (χ0n) is 8.53. The number of rotatable bonds is 0. The molecule has 0 spiro atoms. The standard InChI is InChI=1S/C14H13N/c1-2-4-11-10(3-1)9-7-13(11)12-5-6-15-14(12)8-9/h1-6,9,13,15H,7-8H2/t9-,13-/m1/s1. The Balaban J connectivity index is 1.99. The lowest BCUT2D eigenvalue weighted by Gasteiger charge is -2.19. The lowest BCUT2D eigenvalue weighted by Crippen LogP contribution is -2.08. The second kappa shape index (κ2) is 2.54. The fraction of sp³-hybridized carbons (Fsp3) is 0.286. The summed E-state index contributed by atoms with van der Waals surface area (Å²) in [5.41, 5.74) is 6.16. The number of fused-ring (bicyclic) bond motifs is 7. The molecule has 0 saturated carbocycles. The Morgan fingerprint density at radius 3 is 2.80 bits per heavy atom. The quantitative estimate of drug-likeness (QED) is 0.664. The third kappa shape index (κ3) is 0.883. The molecule has 1 heterocycles. The molecule has 0 saturated heterocycles. The van der Waals surface area contributed by atoms with Crippen molar-refractivity contribution in [1.82, 2.24) is 4.98 Å². The molecule has 1 nitrogen and oxygen atoms in total. The van der Waals surface area contributed by atoms with E-state index in [0.717, 1.165) is 5.92 Å². The lowest BCUT2D eigenvalue weighted by atomic mass is 9.85. The Morgan fingerprint density at radius 2 is 1.87 bits per heavy atom. The molecule has 2 aliphatic rings. The summed E-state index contributed by atoms with van der Waals surface area (Å²) in [7, 11) is 0. The molecule has 2 bridgehead atoms. The van der Waals surface area contributed by atoms with Crippen LogP contribution in [0.2, 0.25) is 0 Å². The van der Waals surface area contributed by atoms with Gasteiger partial charge >= 0.3 is 0 Å². The Labute approximate surface area is 89.1 Å². The van der Waals surface area contributed by atoms with Crippen LogP contribution in [0.25, 0.3) is 0 Å². The number of aromatic nitrogens is 1. The van der Waals surface area contributed by atoms with E-state index >= 15 is 0 Å². The summed E-state index contributed by atoms with van der Waals surface area (Å²) in [6.45, 7) is 0. The first-order valence-electron chi connectivity index (χ1n) is 5.68. The number of hydrogen-bond acceptors (Lipinski definition) is 0. The Kier molecular flexibility index (Phi) is 1.31. The van der Waals surface area contributed by atoms with Gasteiger partial charge in [-0.3, -0.25) is 0 Å². The van der Waals surface area contributed by atoms with E-state index < -0.39 is 0 Å². The molecule has 2 atom stereocenters. The van der Waals surface area contributed by atoms with Gasteiger partial charge in [0.2, 0.25) is 0 Å². The molecule has 1 aromatic heterocycles. The molecule has 1 N–H and O–H groups in total. The van der Waals surface area contributed by atoms with Crippen LogP contribution in [0, 0.1) is 0 Å². The summed E-state index contributed by atoms with van der Waals surface area (Å²) < 4.78 is 0. The molecule has 0 aliphatic heterocycles. The van der Waals surface area contributed by atoms with Crippen LogP contribution in [0.15, 0.2) is 36.5 Å². The Bertz CT molecular complexity index is 524. The van der Waals surface area contributed by atoms with E-state index in [-0.39, 0.29) is 0 Å². The number of nitrogens with one attached hydrogen (secondary N) is 1. The summed E-state index contributed by atoms with van der Waals surface area (Å²) in [5.74, 6) is 1.43. The van der Waals surface area contributed by atoms with Gasteiger partial charge in [-0.15, -0.1) is 0 Å². The highest BCUT2D eigenvalue weighted by atomic mass is 14.7. The molecule has 15 heavy (non-hydrogen) atoms. The molecular formula is C14H13N. The predicted octanol–water partition coefficient (Wildman–Crippen LogP) is 3.19. The minimum absolute atomic E-state index is 0.668. The van der Waals surface area contributed by atoms with Crippen molar-refractivity contribution in [2.75, 3.05) is 0 Å². The second-order valence-electron chi connectivity index (χ2n) is 4.73. The van der Waals surface area contributed by atoms with Gasteiger partial charge in [0.15, 0.2) is 0 Å². The zero-order chi connectivity index (χ0) is 9.83. The summed E-state index contributed by atoms with van der Waals surface area (Å²) in [6.07, 6.45) is 4.62. The highest BCUT2D eigenvalue weighted by Gasteiger charge is 2.37. The third-order valence-corrected chi connectivity index (χ3v) is 4.03. The maximum absolute atomic E-state index is 3.39. The molecule has 1 aromatic carbocycles. The molecule has 74 valence electrons. The van der Waals surface area contributed by atoms with E-state index in [1.54, 1.807) is 11.1 Å². The molecule has 2 aromatic rings. The largest absolute Gasteiger partial charge is 0.365 e. The molecule has 2 aliphatic carbocycles. The molecular weight excluding hydrogens is 182 g/mol. The van der Waals surface area contributed by atoms with Crippen molar-refractivity contribution in [3.05, 3.63) is 58.9 Å². The van der Waals surface area contributed by atoms with Crippen LogP contribution in [0.5, 0.6) is 0 Å². The van der Waals surface area contributed by atoms with Gasteiger partial charge in [-0.2, -0.15) is 0 Å². The number of hydrogen-bond donors (Lipinski definition) is 1. The summed E-state index contributed by atoms with van der Waals surface area (Å²) >= 11 is 0. The summed E-state index contributed by atoms with van der Waals surface area (Å²) in [6, 6.07) is 11.2. The second-order valence-corrected chi connectivity index (χ2v) is 4.73. The van der Waals surface area contributed by atoms with Crippen molar-refractivity contribution >= 4 is 0 Å². The van der Waals surface area contributed by atoms with Gasteiger partial charge in [-0.25, -0.2) is 0 Å². The van der Waals surface area contributed by atoms with E-state index in [9.17, 15) is 0 Å². The molecule has 0 radical (unpaired) electrons. The fourth-order valence-corrected chi connectivity index (χ4v) is 3.39. The van der Waals surface area contributed by atoms with E-state index in [4.69, 9.17) is 0 Å². The number of H-pyrrole nitrogens is 1. The maximum Gasteiger partial charge on any atom is 0.0192 e. The SMILES string of the molecule is c1ccc2c(c1)[C@H]1Cc3[nH]ccc3[C@@H]2C1. The predicted molar refractivity (Wildman–Crippen MR) is 60.1 cm³/mol. The van der Waals surface area contributed by atoms with Gasteiger partial charge < -0.3 is 4.98 Å². The summed E-state index contributed by atoms with van der Waals surface area (Å²) in [5, 5.41) is 0. The first kappa shape index (κ1) is 7.75. The Hall–Kier alpha value is -1.50. The number of aromatic amines is 1. The van der Waals surface area contributed by atoms with Gasteiger partial charge in [0.1, 0.15) is 0 Å². The monoisotopic (exact) mass is 195 g/mol. The maximum atomic E-state index is 3.39. The van der Waals surface area contributed by atoms with E-state index in [1.807, 2.05) is 0 Å². The molecule has 0 amide bonds. The van der Waals surface area contributed by atoms with Crippen molar-refractivity contribution < 1.29 is 0 Å². The van der Waals surface area contributed by atoms with Crippen LogP contribution < -0.4 is 0 Å². The first-order chi connectivity index (χ1) is 7.43. The fourth-order valence-electron chi connectivity index (χ4n) is 3.39. The van der Waals surface area contributed by atoms with Gasteiger partial charge in [0.25, 0.3) is 0 Å². The van der Waals surface area contributed by atoms with Crippen LogP contribution in [0.3, 0.4) is 0 Å². The van der Waals surface area contributed by atoms with Gasteiger partial charge in [-0.1, -0.05) is 24.3 Å². The van der Waals surface area contributed by atoms with Gasteiger partial charge in [-0.05, 0) is 41.5 Å². The van der Waals surface area contributed by atoms with E-state index in [2.05, 4.69) is 41.5 Å². The molecule has 4 rings (SSSR count). The van der Waals surface area contributed by atoms with Gasteiger partial charge in [0.05, 0.1) is 0 Å². The minimum Gasteiger partial charge on any atom is -0.365 e. The highest BCUT2D eigenvalue weighted by molar-refractivity contribution is 5.49. The average Bonchev–Trinajstić information content (AvgIpc) is 2.85. The Morgan fingerprint density at radius 1 is 1.00 bits per heavy atom. The molecule has 1 heteroatoms. The van der Waals surface area contributed by atoms with Crippen molar-refractivity contribution in [3.8, 4) is 0 Å². The lowest BCUT2D eigenvalue weighted by molar-refractivity contribution is 0.587. The van der Waals surface area contributed by atoms with E-state index in [0.29, 0.717) is 5.92 Å². The normalized spacial score (nSPS) is 26.1. The van der Waals surface area contributed by atoms with Crippen LogP contribution in [-0.4, -0.2) is 4.98 Å². The van der Waals surface area contributed by atoms with E-state index in [1.165, 1.54) is 24.1 Å². The van der Waals surface area contributed by atoms with Crippen LogP contribution >= 0.6 is 0 Å². The van der Waals surface area contributed by atoms with Gasteiger partial charge in [0, 0.05) is 17.8 Å². The van der Waals surface area contributed by atoms with Crippen molar-refractivity contribution in [1.29, 1.82) is 0 Å². The zero-order valence-corrected chi connectivity index (χ0v) is 8.53. The molecule has 0 unspecified atom stereocenters. The average molecular weight is 195 g/mol. The third-order valence-electron chi connectivity index (χ3n) is 4.03. The first-order valence-corrected chi connectivity index (χ1v) is 5.68. The molecule has 0 fully saturated rings. The minimum atomic E-state index is 0.668. The highest BCUT2D eigenvalue weighted by Crippen LogP contribution is 2.51. The van der Waals surface area contributed by atoms with Crippen LogP contribution in [0.4, 0.5) is 0 Å². The van der Waals surface area contributed by atoms with Crippen molar-refractivity contribution in [2.24, 2.45) is 0 Å².